The van der Waals surface area contributed by atoms with E-state index in [9.17, 15) is 4.79 Å². The highest BCUT2D eigenvalue weighted by molar-refractivity contribution is 5.27. The monoisotopic (exact) mass is 246 g/mol. The number of ether oxygens (including phenoxy) is 1. The number of aromatic nitrogens is 2. The largest absolute Gasteiger partial charge is 0.497 e. The summed E-state index contributed by atoms with van der Waals surface area (Å²) in [6.45, 7) is 4.69. The maximum Gasteiger partial charge on any atom is 0.326 e. The lowest BCUT2D eigenvalue weighted by atomic mass is 10.1. The highest BCUT2D eigenvalue weighted by atomic mass is 16.5. The minimum absolute atomic E-state index is 0.0606. The maximum absolute atomic E-state index is 11.8. The van der Waals surface area contributed by atoms with Gasteiger partial charge in [0.1, 0.15) is 5.75 Å². The Morgan fingerprint density at radius 2 is 1.94 bits per heavy atom. The third-order valence-electron chi connectivity index (χ3n) is 2.94. The maximum atomic E-state index is 11.8. The molecule has 0 bridgehead atoms. The summed E-state index contributed by atoms with van der Waals surface area (Å²) in [6.07, 6.45) is 1.89. The molecule has 1 N–H and O–H groups in total. The van der Waals surface area contributed by atoms with E-state index in [1.54, 1.807) is 11.7 Å². The van der Waals surface area contributed by atoms with Crippen molar-refractivity contribution in [3.63, 3.8) is 0 Å². The zero-order chi connectivity index (χ0) is 13.1. The van der Waals surface area contributed by atoms with Crippen molar-refractivity contribution in [2.45, 2.75) is 26.3 Å². The van der Waals surface area contributed by atoms with Crippen LogP contribution in [0.3, 0.4) is 0 Å². The molecule has 0 amide bonds. The van der Waals surface area contributed by atoms with Crippen LogP contribution in [0, 0.1) is 0 Å². The van der Waals surface area contributed by atoms with Gasteiger partial charge in [0.05, 0.1) is 13.7 Å². The Hall–Kier alpha value is -1.97. The van der Waals surface area contributed by atoms with Crippen LogP contribution >= 0.6 is 0 Å². The third-order valence-corrected chi connectivity index (χ3v) is 2.94. The molecule has 0 fully saturated rings. The summed E-state index contributed by atoms with van der Waals surface area (Å²) in [5.74, 6) is 1.15. The van der Waals surface area contributed by atoms with Crippen LogP contribution < -0.4 is 10.4 Å². The van der Waals surface area contributed by atoms with E-state index >= 15 is 0 Å². The molecule has 4 nitrogen and oxygen atoms in total. The van der Waals surface area contributed by atoms with Crippen LogP contribution in [0.2, 0.25) is 0 Å². The van der Waals surface area contributed by atoms with Gasteiger partial charge in [-0.2, -0.15) is 0 Å². The molecule has 1 aromatic heterocycles. The number of benzene rings is 1. The minimum Gasteiger partial charge on any atom is -0.497 e. The molecular weight excluding hydrogens is 228 g/mol. The second-order valence-electron chi connectivity index (χ2n) is 4.65. The van der Waals surface area contributed by atoms with Gasteiger partial charge in [0, 0.05) is 11.9 Å². The van der Waals surface area contributed by atoms with Crippen LogP contribution in [0.5, 0.6) is 5.75 Å². The van der Waals surface area contributed by atoms with Crippen molar-refractivity contribution in [2.24, 2.45) is 0 Å². The van der Waals surface area contributed by atoms with Crippen LogP contribution in [-0.2, 0) is 6.54 Å². The van der Waals surface area contributed by atoms with Gasteiger partial charge in [0.25, 0.3) is 0 Å². The van der Waals surface area contributed by atoms with E-state index in [1.807, 2.05) is 30.5 Å². The number of H-pyrrole nitrogens is 1. The van der Waals surface area contributed by atoms with Crippen molar-refractivity contribution in [1.82, 2.24) is 9.55 Å². The summed E-state index contributed by atoms with van der Waals surface area (Å²) in [5, 5.41) is 0. The smallest absolute Gasteiger partial charge is 0.326 e. The first-order chi connectivity index (χ1) is 8.60. The fourth-order valence-electron chi connectivity index (χ4n) is 1.79. The quantitative estimate of drug-likeness (QED) is 0.900. The molecule has 0 spiro atoms. The van der Waals surface area contributed by atoms with Crippen molar-refractivity contribution in [2.75, 3.05) is 7.11 Å². The Kier molecular flexibility index (Phi) is 3.55. The molecule has 0 aliphatic heterocycles. The average molecular weight is 246 g/mol. The number of hydrogen-bond donors (Lipinski definition) is 1. The van der Waals surface area contributed by atoms with Gasteiger partial charge in [-0.05, 0) is 23.6 Å². The molecular formula is C14H18N2O2. The molecule has 0 saturated heterocycles. The number of nitrogens with one attached hydrogen (secondary N) is 1. The molecule has 2 rings (SSSR count). The molecule has 96 valence electrons. The predicted molar refractivity (Wildman–Crippen MR) is 71.2 cm³/mol. The lowest BCUT2D eigenvalue weighted by Gasteiger charge is -2.04. The predicted octanol–water partition coefficient (Wildman–Crippen LogP) is 2.36. The van der Waals surface area contributed by atoms with E-state index < -0.39 is 0 Å². The molecule has 4 heteroatoms. The molecule has 0 aliphatic carbocycles. The Bertz CT molecular complexity index is 564. The number of imidazole rings is 1. The number of nitrogens with zero attached hydrogens (tertiary/aromatic N) is 1. The fourth-order valence-corrected chi connectivity index (χ4v) is 1.79. The van der Waals surface area contributed by atoms with E-state index in [1.165, 1.54) is 0 Å². The second kappa shape index (κ2) is 5.12. The second-order valence-corrected chi connectivity index (χ2v) is 4.65. The van der Waals surface area contributed by atoms with Gasteiger partial charge in [-0.3, -0.25) is 4.57 Å². The van der Waals surface area contributed by atoms with Gasteiger partial charge in [0.2, 0.25) is 0 Å². The van der Waals surface area contributed by atoms with Gasteiger partial charge < -0.3 is 9.72 Å². The lowest BCUT2D eigenvalue weighted by Crippen LogP contribution is -2.16. The number of rotatable bonds is 4. The SMILES string of the molecule is COc1ccc(Cn2cc(C(C)C)[nH]c2=O)cc1. The molecule has 0 atom stereocenters. The molecule has 2 aromatic rings. The molecule has 18 heavy (non-hydrogen) atoms. The van der Waals surface area contributed by atoms with E-state index in [0.717, 1.165) is 17.0 Å². The van der Waals surface area contributed by atoms with Crippen molar-refractivity contribution in [3.8, 4) is 5.75 Å². The van der Waals surface area contributed by atoms with Crippen molar-refractivity contribution < 1.29 is 4.74 Å². The zero-order valence-electron chi connectivity index (χ0n) is 10.9. The summed E-state index contributed by atoms with van der Waals surface area (Å²) in [7, 11) is 1.64. The molecule has 0 aliphatic rings. The van der Waals surface area contributed by atoms with Crippen LogP contribution in [0.25, 0.3) is 0 Å². The van der Waals surface area contributed by atoms with Crippen LogP contribution in [0.15, 0.2) is 35.3 Å². The van der Waals surface area contributed by atoms with Crippen molar-refractivity contribution in [3.05, 3.63) is 52.2 Å². The fraction of sp³-hybridized carbons (Fsp3) is 0.357. The molecule has 0 saturated carbocycles. The van der Waals surface area contributed by atoms with Crippen LogP contribution in [0.1, 0.15) is 31.0 Å². The number of aromatic amines is 1. The highest BCUT2D eigenvalue weighted by Crippen LogP contribution is 2.13. The minimum atomic E-state index is -0.0606. The van der Waals surface area contributed by atoms with Crippen molar-refractivity contribution >= 4 is 0 Å². The van der Waals surface area contributed by atoms with Crippen LogP contribution in [0.4, 0.5) is 0 Å². The van der Waals surface area contributed by atoms with E-state index in [0.29, 0.717) is 12.5 Å². The Morgan fingerprint density at radius 3 is 2.44 bits per heavy atom. The Labute approximate surface area is 106 Å². The number of hydrogen-bond acceptors (Lipinski definition) is 2. The van der Waals surface area contributed by atoms with Crippen molar-refractivity contribution in [1.29, 1.82) is 0 Å². The van der Waals surface area contributed by atoms with Gasteiger partial charge in [0.15, 0.2) is 0 Å². The number of methoxy groups -OCH3 is 1. The molecule has 1 heterocycles. The van der Waals surface area contributed by atoms with Gasteiger partial charge in [-0.25, -0.2) is 4.79 Å². The first kappa shape index (κ1) is 12.5. The first-order valence-electron chi connectivity index (χ1n) is 6.02. The average Bonchev–Trinajstić information content (AvgIpc) is 2.72. The summed E-state index contributed by atoms with van der Waals surface area (Å²) < 4.78 is 6.80. The summed E-state index contributed by atoms with van der Waals surface area (Å²) >= 11 is 0. The third kappa shape index (κ3) is 2.64. The summed E-state index contributed by atoms with van der Waals surface area (Å²) in [6, 6.07) is 7.73. The normalized spacial score (nSPS) is 10.9. The zero-order valence-corrected chi connectivity index (χ0v) is 10.9. The summed E-state index contributed by atoms with van der Waals surface area (Å²) in [5.41, 5.74) is 1.98. The van der Waals surface area contributed by atoms with Gasteiger partial charge in [-0.1, -0.05) is 26.0 Å². The molecule has 0 unspecified atom stereocenters. The standard InChI is InChI=1S/C14H18N2O2/c1-10(2)13-9-16(14(17)15-13)8-11-4-6-12(18-3)7-5-11/h4-7,9-10H,8H2,1-3H3,(H,15,17). The Morgan fingerprint density at radius 1 is 1.28 bits per heavy atom. The van der Waals surface area contributed by atoms with Gasteiger partial charge >= 0.3 is 5.69 Å². The molecule has 1 aromatic carbocycles. The lowest BCUT2D eigenvalue weighted by molar-refractivity contribution is 0.414. The Balaban J connectivity index is 2.20. The van der Waals surface area contributed by atoms with Gasteiger partial charge in [-0.15, -0.1) is 0 Å². The van der Waals surface area contributed by atoms with E-state index in [4.69, 9.17) is 4.74 Å². The van der Waals surface area contributed by atoms with E-state index in [-0.39, 0.29) is 5.69 Å². The highest BCUT2D eigenvalue weighted by Gasteiger charge is 2.06. The van der Waals surface area contributed by atoms with E-state index in [2.05, 4.69) is 18.8 Å². The molecule has 0 radical (unpaired) electrons. The first-order valence-corrected chi connectivity index (χ1v) is 6.02. The summed E-state index contributed by atoms with van der Waals surface area (Å²) in [4.78, 5) is 14.6. The van der Waals surface area contributed by atoms with Crippen LogP contribution in [-0.4, -0.2) is 16.7 Å². The topological polar surface area (TPSA) is 47.0 Å².